The van der Waals surface area contributed by atoms with Crippen LogP contribution in [0.5, 0.6) is 0 Å². The largest absolute Gasteiger partial charge is 0.481 e. The summed E-state index contributed by atoms with van der Waals surface area (Å²) in [6.07, 6.45) is 0.778. The lowest BCUT2D eigenvalue weighted by molar-refractivity contribution is -0.236. The van der Waals surface area contributed by atoms with E-state index < -0.39 is 23.7 Å². The number of hydrogen-bond donors (Lipinski definition) is 4. The van der Waals surface area contributed by atoms with Crippen LogP contribution in [0.25, 0.3) is 22.6 Å². The molecule has 3 heterocycles. The van der Waals surface area contributed by atoms with Crippen LogP contribution >= 0.6 is 0 Å². The highest BCUT2D eigenvalue weighted by atomic mass is 19.1. The number of hydrogen-bond acceptors (Lipinski definition) is 9. The summed E-state index contributed by atoms with van der Waals surface area (Å²) in [7, 11) is 0. The fourth-order valence-corrected chi connectivity index (χ4v) is 4.62. The average Bonchev–Trinajstić information content (AvgIpc) is 3.43. The second-order valence-electron chi connectivity index (χ2n) is 10.4. The number of ether oxygens (including phenoxy) is 2. The van der Waals surface area contributed by atoms with Gasteiger partial charge in [0.15, 0.2) is 11.6 Å². The number of aromatic nitrogens is 4. The molecule has 0 saturated carbocycles. The Kier molecular flexibility index (Phi) is 8.67. The molecule has 1 aliphatic heterocycles. The van der Waals surface area contributed by atoms with Crippen molar-refractivity contribution in [3.63, 3.8) is 0 Å². The molecule has 0 radical (unpaired) electrons. The highest BCUT2D eigenvalue weighted by Gasteiger charge is 2.42. The van der Waals surface area contributed by atoms with Crippen molar-refractivity contribution in [2.45, 2.75) is 32.1 Å². The summed E-state index contributed by atoms with van der Waals surface area (Å²) in [5.74, 6) is -0.843. The molecule has 1 saturated heterocycles. The molecule has 1 unspecified atom stereocenters. The number of ketones is 1. The number of carboxylic acids is 1. The summed E-state index contributed by atoms with van der Waals surface area (Å²) >= 11 is 0. The van der Waals surface area contributed by atoms with Crippen molar-refractivity contribution in [1.29, 1.82) is 0 Å². The summed E-state index contributed by atoms with van der Waals surface area (Å²) in [6.45, 7) is 2.32. The van der Waals surface area contributed by atoms with Crippen LogP contribution in [0.15, 0.2) is 66.9 Å². The summed E-state index contributed by atoms with van der Waals surface area (Å²) in [5, 5.41) is 11.8. The Morgan fingerprint density at radius 3 is 2.52 bits per heavy atom. The first kappa shape index (κ1) is 29.0. The molecule has 42 heavy (non-hydrogen) atoms. The fraction of sp³-hybridized carbons (Fsp3) is 0.300. The smallest absolute Gasteiger partial charge is 0.305 e. The van der Waals surface area contributed by atoms with Crippen LogP contribution in [-0.4, -0.2) is 62.6 Å². The van der Waals surface area contributed by atoms with Crippen LogP contribution < -0.4 is 11.1 Å². The Labute approximate surface area is 241 Å². The molecule has 11 nitrogen and oxygen atoms in total. The Hall–Kier alpha value is -4.52. The van der Waals surface area contributed by atoms with Gasteiger partial charge in [-0.05, 0) is 35.9 Å². The zero-order valence-corrected chi connectivity index (χ0v) is 22.9. The van der Waals surface area contributed by atoms with Gasteiger partial charge in [-0.1, -0.05) is 37.3 Å². The number of benzene rings is 2. The SMILES string of the molecule is CC1(C(N)C(=O)Cc2ccccc2)COC(c2nc(-c3ccc(F)cc3)c(-c3ccnc(NCCC(=O)O)n3)[nH]2)OC1. The lowest BCUT2D eigenvalue weighted by Gasteiger charge is -2.39. The average molecular weight is 575 g/mol. The molecule has 1 aliphatic rings. The number of carbonyl (C=O) groups is 2. The highest BCUT2D eigenvalue weighted by molar-refractivity contribution is 5.86. The van der Waals surface area contributed by atoms with E-state index in [1.165, 1.54) is 18.3 Å². The van der Waals surface area contributed by atoms with Gasteiger partial charge in [0.25, 0.3) is 0 Å². The molecule has 0 aliphatic carbocycles. The zero-order chi connectivity index (χ0) is 29.7. The first-order chi connectivity index (χ1) is 20.2. The molecular weight excluding hydrogens is 543 g/mol. The Morgan fingerprint density at radius 2 is 1.83 bits per heavy atom. The van der Waals surface area contributed by atoms with Gasteiger partial charge in [0.05, 0.1) is 42.8 Å². The number of nitrogens with zero attached hydrogens (tertiary/aromatic N) is 3. The summed E-state index contributed by atoms with van der Waals surface area (Å²) in [6, 6.07) is 16.2. The molecule has 0 amide bonds. The molecule has 1 fully saturated rings. The van der Waals surface area contributed by atoms with Crippen LogP contribution in [0.3, 0.4) is 0 Å². The summed E-state index contributed by atoms with van der Waals surface area (Å²) in [4.78, 5) is 40.4. The quantitative estimate of drug-likeness (QED) is 0.207. The minimum Gasteiger partial charge on any atom is -0.481 e. The first-order valence-corrected chi connectivity index (χ1v) is 13.4. The number of carbonyl (C=O) groups excluding carboxylic acids is 1. The number of nitrogens with one attached hydrogen (secondary N) is 2. The minimum atomic E-state index is -0.944. The van der Waals surface area contributed by atoms with Crippen molar-refractivity contribution in [3.05, 3.63) is 84.1 Å². The molecule has 0 spiro atoms. The number of imidazole rings is 1. The maximum Gasteiger partial charge on any atom is 0.305 e. The minimum absolute atomic E-state index is 0.0978. The maximum absolute atomic E-state index is 13.7. The predicted octanol–water partition coefficient (Wildman–Crippen LogP) is 3.75. The third-order valence-corrected chi connectivity index (χ3v) is 7.04. The van der Waals surface area contributed by atoms with Crippen molar-refractivity contribution in [1.82, 2.24) is 19.9 Å². The van der Waals surface area contributed by atoms with Gasteiger partial charge in [-0.2, -0.15) is 0 Å². The van der Waals surface area contributed by atoms with Gasteiger partial charge >= 0.3 is 5.97 Å². The summed E-state index contributed by atoms with van der Waals surface area (Å²) in [5.41, 5.74) is 8.62. The molecule has 1 atom stereocenters. The van der Waals surface area contributed by atoms with E-state index in [1.54, 1.807) is 18.2 Å². The van der Waals surface area contributed by atoms with E-state index in [4.69, 9.17) is 25.3 Å². The normalized spacial score (nSPS) is 19.3. The molecular formula is C30H31FN6O5. The number of carboxylic acid groups (broad SMARTS) is 1. The fourth-order valence-electron chi connectivity index (χ4n) is 4.62. The van der Waals surface area contributed by atoms with Crippen LogP contribution in [0.4, 0.5) is 10.3 Å². The first-order valence-electron chi connectivity index (χ1n) is 13.4. The number of anilines is 1. The Bertz CT molecular complexity index is 1540. The second-order valence-corrected chi connectivity index (χ2v) is 10.4. The zero-order valence-electron chi connectivity index (χ0n) is 22.9. The van der Waals surface area contributed by atoms with Gasteiger partial charge in [0.1, 0.15) is 5.82 Å². The van der Waals surface area contributed by atoms with Gasteiger partial charge in [0.2, 0.25) is 12.2 Å². The van der Waals surface area contributed by atoms with E-state index >= 15 is 0 Å². The van der Waals surface area contributed by atoms with Crippen molar-refractivity contribution >= 4 is 17.7 Å². The standard InChI is InChI=1S/C30H31FN6O5/c1-30(26(32)22(38)15-18-5-3-2-4-6-18)16-41-28(42-17-30)27-36-24(19-7-9-20(31)10-8-19)25(37-27)21-11-13-33-29(35-21)34-14-12-23(39)40/h2-11,13,26,28H,12,14-17,32H2,1H3,(H,36,37)(H,39,40)(H,33,34,35). The van der Waals surface area contributed by atoms with E-state index in [9.17, 15) is 14.0 Å². The molecule has 5 N–H and O–H groups in total. The third kappa shape index (κ3) is 6.68. The topological polar surface area (TPSA) is 165 Å². The van der Waals surface area contributed by atoms with E-state index in [0.29, 0.717) is 28.5 Å². The molecule has 218 valence electrons. The molecule has 2 aromatic carbocycles. The van der Waals surface area contributed by atoms with Gasteiger partial charge in [-0.3, -0.25) is 9.59 Å². The van der Waals surface area contributed by atoms with Crippen LogP contribution in [0, 0.1) is 11.2 Å². The molecule has 5 rings (SSSR count). The highest BCUT2D eigenvalue weighted by Crippen LogP contribution is 2.36. The van der Waals surface area contributed by atoms with Gasteiger partial charge in [-0.25, -0.2) is 19.3 Å². The number of aromatic amines is 1. The van der Waals surface area contributed by atoms with Gasteiger partial charge in [-0.15, -0.1) is 0 Å². The lowest BCUT2D eigenvalue weighted by Crippen LogP contribution is -2.53. The van der Waals surface area contributed by atoms with Crippen molar-refractivity contribution in [2.75, 3.05) is 25.1 Å². The van der Waals surface area contributed by atoms with Crippen LogP contribution in [-0.2, 0) is 25.5 Å². The summed E-state index contributed by atoms with van der Waals surface area (Å²) < 4.78 is 25.8. The van der Waals surface area contributed by atoms with Crippen molar-refractivity contribution in [3.8, 4) is 22.6 Å². The van der Waals surface area contributed by atoms with E-state index in [1.807, 2.05) is 37.3 Å². The number of nitrogens with two attached hydrogens (primary N) is 1. The van der Waals surface area contributed by atoms with Gasteiger partial charge < -0.3 is 30.6 Å². The second kappa shape index (κ2) is 12.6. The van der Waals surface area contributed by atoms with Crippen LogP contribution in [0.1, 0.15) is 31.0 Å². The molecule has 4 aromatic rings. The molecule has 2 aromatic heterocycles. The third-order valence-electron chi connectivity index (χ3n) is 7.04. The van der Waals surface area contributed by atoms with Crippen LogP contribution in [0.2, 0.25) is 0 Å². The number of halogens is 1. The molecule has 12 heteroatoms. The monoisotopic (exact) mass is 574 g/mol. The van der Waals surface area contributed by atoms with Crippen molar-refractivity contribution < 1.29 is 28.6 Å². The van der Waals surface area contributed by atoms with E-state index in [2.05, 4.69) is 20.3 Å². The number of Topliss-reactive ketones (excluding diaryl/α,β-unsaturated/α-hetero) is 1. The molecule has 0 bridgehead atoms. The van der Waals surface area contributed by atoms with E-state index in [-0.39, 0.29) is 50.1 Å². The lowest BCUT2D eigenvalue weighted by atomic mass is 9.80. The van der Waals surface area contributed by atoms with E-state index in [0.717, 1.165) is 5.56 Å². The number of aliphatic carboxylic acids is 1. The number of rotatable bonds is 11. The number of H-pyrrole nitrogens is 1. The predicted molar refractivity (Wildman–Crippen MR) is 152 cm³/mol. The maximum atomic E-state index is 13.7. The van der Waals surface area contributed by atoms with Crippen molar-refractivity contribution in [2.24, 2.45) is 11.1 Å². The Morgan fingerprint density at radius 1 is 1.12 bits per heavy atom. The van der Waals surface area contributed by atoms with Gasteiger partial charge in [0, 0.05) is 30.1 Å². The Balaban J connectivity index is 1.36.